The van der Waals surface area contributed by atoms with E-state index in [1.807, 2.05) is 19.2 Å². The molecule has 1 atom stereocenters. The average molecular weight is 426 g/mol. The summed E-state index contributed by atoms with van der Waals surface area (Å²) in [6.07, 6.45) is 5.35. The van der Waals surface area contributed by atoms with Crippen LogP contribution in [0.15, 0.2) is 36.7 Å². The Labute approximate surface area is 184 Å². The molecule has 4 N–H and O–H groups in total. The molecule has 9 nitrogen and oxygen atoms in total. The Morgan fingerprint density at radius 2 is 2.19 bits per heavy atom. The molecule has 1 saturated carbocycles. The molecular weight excluding hydrogens is 404 g/mol. The quantitative estimate of drug-likeness (QED) is 0.454. The van der Waals surface area contributed by atoms with Gasteiger partial charge in [-0.25, -0.2) is 0 Å². The zero-order valence-electron chi connectivity index (χ0n) is 17.6. The van der Waals surface area contributed by atoms with Gasteiger partial charge in [0.05, 0.1) is 28.4 Å². The fraction of sp³-hybridized carbons (Fsp3) is 0.304. The number of para-hydroxylation sites is 1. The normalized spacial score (nSPS) is 18.9. The molecular formula is C23H22N8O. The monoisotopic (exact) mass is 426 g/mol. The van der Waals surface area contributed by atoms with Crippen molar-refractivity contribution in [1.82, 2.24) is 19.9 Å². The first-order chi connectivity index (χ1) is 15.6. The van der Waals surface area contributed by atoms with Crippen LogP contribution < -0.4 is 20.7 Å². The lowest BCUT2D eigenvalue weighted by molar-refractivity contribution is 0.442. The number of hydrogen-bond donors (Lipinski definition) is 3. The fourth-order valence-electron chi connectivity index (χ4n) is 4.75. The third-order valence-corrected chi connectivity index (χ3v) is 6.67. The Morgan fingerprint density at radius 3 is 2.94 bits per heavy atom. The van der Waals surface area contributed by atoms with E-state index in [1.165, 1.54) is 6.20 Å². The molecule has 0 amide bonds. The largest absolute Gasteiger partial charge is 0.422 e. The maximum absolute atomic E-state index is 9.16. The van der Waals surface area contributed by atoms with Gasteiger partial charge < -0.3 is 25.7 Å². The van der Waals surface area contributed by atoms with E-state index in [0.717, 1.165) is 53.7 Å². The molecule has 1 spiro atoms. The number of aromatic amines is 1. The van der Waals surface area contributed by atoms with Crippen molar-refractivity contribution in [2.75, 3.05) is 30.4 Å². The SMILES string of the molecule is CNc1cccc2c1[nH]c1nc(Oc3cncc(C#N)c3)nc(N3CC(N)C4(CC4)C3)c12. The number of nitrogens with one attached hydrogen (secondary N) is 2. The highest BCUT2D eigenvalue weighted by Crippen LogP contribution is 2.53. The molecule has 1 aromatic carbocycles. The summed E-state index contributed by atoms with van der Waals surface area (Å²) in [5.41, 5.74) is 9.76. The number of nitriles is 1. The maximum atomic E-state index is 9.16. The molecule has 6 rings (SSSR count). The van der Waals surface area contributed by atoms with Gasteiger partial charge in [0.25, 0.3) is 0 Å². The van der Waals surface area contributed by atoms with E-state index >= 15 is 0 Å². The van der Waals surface area contributed by atoms with Crippen molar-refractivity contribution in [3.8, 4) is 17.8 Å². The summed E-state index contributed by atoms with van der Waals surface area (Å²) in [4.78, 5) is 19.2. The average Bonchev–Trinajstić information content (AvgIpc) is 3.39. The molecule has 9 heteroatoms. The van der Waals surface area contributed by atoms with E-state index in [2.05, 4.69) is 37.3 Å². The second-order valence-electron chi connectivity index (χ2n) is 8.63. The van der Waals surface area contributed by atoms with Crippen LogP contribution in [-0.2, 0) is 0 Å². The summed E-state index contributed by atoms with van der Waals surface area (Å²) in [5, 5.41) is 14.4. The third kappa shape index (κ3) is 2.84. The van der Waals surface area contributed by atoms with Gasteiger partial charge in [-0.15, -0.1) is 0 Å². The van der Waals surface area contributed by atoms with Crippen LogP contribution in [-0.4, -0.2) is 46.1 Å². The minimum Gasteiger partial charge on any atom is -0.422 e. The first-order valence-corrected chi connectivity index (χ1v) is 10.6. The number of ether oxygens (including phenoxy) is 1. The molecule has 1 aliphatic carbocycles. The van der Waals surface area contributed by atoms with Crippen LogP contribution in [0.5, 0.6) is 11.8 Å². The lowest BCUT2D eigenvalue weighted by Gasteiger charge is -2.19. The van der Waals surface area contributed by atoms with Crippen LogP contribution >= 0.6 is 0 Å². The third-order valence-electron chi connectivity index (χ3n) is 6.67. The van der Waals surface area contributed by atoms with Gasteiger partial charge in [0.15, 0.2) is 5.75 Å². The number of anilines is 2. The Hall–Kier alpha value is -3.90. The summed E-state index contributed by atoms with van der Waals surface area (Å²) in [6.45, 7) is 1.62. The molecule has 160 valence electrons. The number of pyridine rings is 1. The molecule has 1 saturated heterocycles. The van der Waals surface area contributed by atoms with Crippen molar-refractivity contribution in [3.05, 3.63) is 42.2 Å². The number of nitrogens with zero attached hydrogens (tertiary/aromatic N) is 5. The Bertz CT molecular complexity index is 1400. The van der Waals surface area contributed by atoms with Crippen molar-refractivity contribution in [3.63, 3.8) is 0 Å². The van der Waals surface area contributed by atoms with E-state index in [4.69, 9.17) is 20.7 Å². The Morgan fingerprint density at radius 1 is 1.31 bits per heavy atom. The van der Waals surface area contributed by atoms with E-state index in [0.29, 0.717) is 17.0 Å². The minimum atomic E-state index is 0.131. The first kappa shape index (κ1) is 18.8. The van der Waals surface area contributed by atoms with Crippen LogP contribution in [0, 0.1) is 16.7 Å². The molecule has 4 aromatic rings. The number of fused-ring (bicyclic) bond motifs is 3. The molecule has 1 unspecified atom stereocenters. The highest BCUT2D eigenvalue weighted by Gasteiger charge is 2.54. The second-order valence-corrected chi connectivity index (χ2v) is 8.63. The molecule has 4 heterocycles. The number of nitrogens with two attached hydrogens (primary N) is 1. The molecule has 2 fully saturated rings. The van der Waals surface area contributed by atoms with Crippen LogP contribution in [0.4, 0.5) is 11.5 Å². The van der Waals surface area contributed by atoms with Crippen LogP contribution in [0.2, 0.25) is 0 Å². The molecule has 0 radical (unpaired) electrons. The zero-order chi connectivity index (χ0) is 21.9. The van der Waals surface area contributed by atoms with Gasteiger partial charge in [-0.05, 0) is 18.9 Å². The lowest BCUT2D eigenvalue weighted by atomic mass is 10.0. The molecule has 2 aliphatic rings. The van der Waals surface area contributed by atoms with Crippen molar-refractivity contribution >= 4 is 33.4 Å². The highest BCUT2D eigenvalue weighted by molar-refractivity contribution is 6.14. The summed E-state index contributed by atoms with van der Waals surface area (Å²) in [6, 6.07) is 10.1. The maximum Gasteiger partial charge on any atom is 0.326 e. The van der Waals surface area contributed by atoms with Gasteiger partial charge in [0.1, 0.15) is 17.5 Å². The highest BCUT2D eigenvalue weighted by atomic mass is 16.5. The van der Waals surface area contributed by atoms with Crippen molar-refractivity contribution in [2.45, 2.75) is 18.9 Å². The van der Waals surface area contributed by atoms with Gasteiger partial charge in [-0.3, -0.25) is 4.98 Å². The molecule has 1 aliphatic heterocycles. The predicted molar refractivity (Wildman–Crippen MR) is 122 cm³/mol. The van der Waals surface area contributed by atoms with Crippen molar-refractivity contribution in [2.24, 2.45) is 11.1 Å². The smallest absolute Gasteiger partial charge is 0.326 e. The van der Waals surface area contributed by atoms with Gasteiger partial charge in [-0.1, -0.05) is 12.1 Å². The van der Waals surface area contributed by atoms with Crippen LogP contribution in [0.25, 0.3) is 21.9 Å². The molecule has 0 bridgehead atoms. The number of benzene rings is 1. The first-order valence-electron chi connectivity index (χ1n) is 10.6. The van der Waals surface area contributed by atoms with Gasteiger partial charge in [0, 0.05) is 49.2 Å². The minimum absolute atomic E-state index is 0.131. The predicted octanol–water partition coefficient (Wildman–Crippen LogP) is 3.14. The van der Waals surface area contributed by atoms with E-state index in [9.17, 15) is 0 Å². The van der Waals surface area contributed by atoms with Gasteiger partial charge >= 0.3 is 6.01 Å². The number of rotatable bonds is 4. The van der Waals surface area contributed by atoms with Crippen LogP contribution in [0.1, 0.15) is 18.4 Å². The Kier molecular flexibility index (Phi) is 4.00. The number of hydrogen-bond acceptors (Lipinski definition) is 8. The van der Waals surface area contributed by atoms with Gasteiger partial charge in [0.2, 0.25) is 0 Å². The van der Waals surface area contributed by atoms with Crippen molar-refractivity contribution < 1.29 is 4.74 Å². The fourth-order valence-corrected chi connectivity index (χ4v) is 4.75. The number of aromatic nitrogens is 4. The topological polar surface area (TPSA) is 129 Å². The second kappa shape index (κ2) is 6.80. The standard InChI is InChI=1S/C23H22N8O/c1-26-16-4-2-3-15-18-20(28-19(15)16)29-22(32-14-7-13(8-24)9-27-10-14)30-21(18)31-11-17(25)23(12-31)5-6-23/h2-4,7,9-10,17,26H,5-6,11-12,25H2,1H3,(H,28,29,30). The number of H-pyrrole nitrogens is 1. The van der Waals surface area contributed by atoms with E-state index in [1.54, 1.807) is 12.3 Å². The summed E-state index contributed by atoms with van der Waals surface area (Å²) < 4.78 is 5.95. The van der Waals surface area contributed by atoms with E-state index in [-0.39, 0.29) is 17.5 Å². The Balaban J connectivity index is 1.52. The summed E-state index contributed by atoms with van der Waals surface area (Å²) >= 11 is 0. The van der Waals surface area contributed by atoms with Crippen molar-refractivity contribution in [1.29, 1.82) is 5.26 Å². The van der Waals surface area contributed by atoms with E-state index < -0.39 is 0 Å². The zero-order valence-corrected chi connectivity index (χ0v) is 17.6. The molecule has 32 heavy (non-hydrogen) atoms. The van der Waals surface area contributed by atoms with Crippen LogP contribution in [0.3, 0.4) is 0 Å². The molecule has 3 aromatic heterocycles. The van der Waals surface area contributed by atoms with Gasteiger partial charge in [-0.2, -0.15) is 15.2 Å². The summed E-state index contributed by atoms with van der Waals surface area (Å²) in [7, 11) is 1.90. The summed E-state index contributed by atoms with van der Waals surface area (Å²) in [5.74, 6) is 1.23. The lowest BCUT2D eigenvalue weighted by Crippen LogP contribution is -2.30.